The summed E-state index contributed by atoms with van der Waals surface area (Å²) in [6.07, 6.45) is 6.15. The van der Waals surface area contributed by atoms with Crippen LogP contribution < -0.4 is 5.32 Å². The molecule has 1 aliphatic rings. The molecule has 2 N–H and O–H groups in total. The highest BCUT2D eigenvalue weighted by Crippen LogP contribution is 2.15. The summed E-state index contributed by atoms with van der Waals surface area (Å²) in [5.41, 5.74) is 1.04. The standard InChI is InChI=1S/C12H21N3O2/c1-2-15-9-13-7-12(15)11(8-16)14-6-10-4-3-5-17-10/h7,9-11,14,16H,2-6,8H2,1H3. The van der Waals surface area contributed by atoms with E-state index in [4.69, 9.17) is 4.74 Å². The molecule has 0 aliphatic carbocycles. The van der Waals surface area contributed by atoms with E-state index in [1.807, 2.05) is 10.8 Å². The van der Waals surface area contributed by atoms with Crippen molar-refractivity contribution in [1.82, 2.24) is 14.9 Å². The highest BCUT2D eigenvalue weighted by molar-refractivity contribution is 5.05. The average molecular weight is 239 g/mol. The Morgan fingerprint density at radius 3 is 3.24 bits per heavy atom. The highest BCUT2D eigenvalue weighted by Gasteiger charge is 2.19. The molecule has 2 atom stereocenters. The van der Waals surface area contributed by atoms with Crippen molar-refractivity contribution in [2.45, 2.75) is 38.5 Å². The van der Waals surface area contributed by atoms with Crippen molar-refractivity contribution in [2.24, 2.45) is 0 Å². The minimum atomic E-state index is -0.0540. The number of aryl methyl sites for hydroxylation is 1. The zero-order chi connectivity index (χ0) is 12.1. The molecule has 1 aliphatic heterocycles. The van der Waals surface area contributed by atoms with Gasteiger partial charge in [-0.05, 0) is 19.8 Å². The van der Waals surface area contributed by atoms with Gasteiger partial charge in [0.05, 0.1) is 30.8 Å². The van der Waals surface area contributed by atoms with Crippen LogP contribution in [0, 0.1) is 0 Å². The predicted octanol–water partition coefficient (Wildman–Crippen LogP) is 0.705. The summed E-state index contributed by atoms with van der Waals surface area (Å²) >= 11 is 0. The van der Waals surface area contributed by atoms with Gasteiger partial charge >= 0.3 is 0 Å². The second kappa shape index (κ2) is 6.14. The molecule has 1 aromatic rings. The largest absolute Gasteiger partial charge is 0.394 e. The van der Waals surface area contributed by atoms with Crippen molar-refractivity contribution in [3.63, 3.8) is 0 Å². The lowest BCUT2D eigenvalue weighted by molar-refractivity contribution is 0.103. The molecular formula is C12H21N3O2. The number of rotatable bonds is 6. The van der Waals surface area contributed by atoms with E-state index < -0.39 is 0 Å². The summed E-state index contributed by atoms with van der Waals surface area (Å²) in [7, 11) is 0. The molecule has 0 amide bonds. The number of nitrogens with zero attached hydrogens (tertiary/aromatic N) is 2. The second-order valence-corrected chi connectivity index (χ2v) is 4.38. The van der Waals surface area contributed by atoms with Crippen molar-refractivity contribution in [3.8, 4) is 0 Å². The number of hydrogen-bond acceptors (Lipinski definition) is 4. The molecular weight excluding hydrogens is 218 g/mol. The molecule has 2 rings (SSSR count). The molecule has 0 spiro atoms. The number of aliphatic hydroxyl groups is 1. The van der Waals surface area contributed by atoms with Crippen molar-refractivity contribution in [3.05, 3.63) is 18.2 Å². The average Bonchev–Trinajstić information content (AvgIpc) is 3.00. The fraction of sp³-hybridized carbons (Fsp3) is 0.750. The van der Waals surface area contributed by atoms with Gasteiger partial charge in [0.2, 0.25) is 0 Å². The van der Waals surface area contributed by atoms with Gasteiger partial charge in [0, 0.05) is 25.9 Å². The summed E-state index contributed by atoms with van der Waals surface area (Å²) in [6.45, 7) is 4.68. The van der Waals surface area contributed by atoms with Gasteiger partial charge in [0.25, 0.3) is 0 Å². The monoisotopic (exact) mass is 239 g/mol. The number of aromatic nitrogens is 2. The number of imidazole rings is 1. The van der Waals surface area contributed by atoms with E-state index >= 15 is 0 Å². The highest BCUT2D eigenvalue weighted by atomic mass is 16.5. The quantitative estimate of drug-likeness (QED) is 0.767. The minimum Gasteiger partial charge on any atom is -0.394 e. The van der Waals surface area contributed by atoms with Crippen molar-refractivity contribution < 1.29 is 9.84 Å². The van der Waals surface area contributed by atoms with E-state index in [1.54, 1.807) is 6.33 Å². The molecule has 1 aromatic heterocycles. The van der Waals surface area contributed by atoms with Crippen molar-refractivity contribution in [1.29, 1.82) is 0 Å². The lowest BCUT2D eigenvalue weighted by atomic mass is 10.2. The normalized spacial score (nSPS) is 21.9. The van der Waals surface area contributed by atoms with Gasteiger partial charge < -0.3 is 19.7 Å². The van der Waals surface area contributed by atoms with Gasteiger partial charge in [0.1, 0.15) is 0 Å². The number of aliphatic hydroxyl groups excluding tert-OH is 1. The first-order valence-electron chi connectivity index (χ1n) is 6.31. The Labute approximate surface area is 102 Å². The maximum absolute atomic E-state index is 9.45. The predicted molar refractivity (Wildman–Crippen MR) is 64.7 cm³/mol. The maximum Gasteiger partial charge on any atom is 0.0948 e. The Morgan fingerprint density at radius 2 is 2.59 bits per heavy atom. The van der Waals surface area contributed by atoms with Crippen LogP contribution in [0.4, 0.5) is 0 Å². The first-order valence-corrected chi connectivity index (χ1v) is 6.31. The van der Waals surface area contributed by atoms with Crippen molar-refractivity contribution >= 4 is 0 Å². The number of ether oxygens (including phenoxy) is 1. The van der Waals surface area contributed by atoms with E-state index in [2.05, 4.69) is 17.2 Å². The molecule has 0 bridgehead atoms. The number of hydrogen-bond donors (Lipinski definition) is 2. The van der Waals surface area contributed by atoms with Crippen LogP contribution in [0.3, 0.4) is 0 Å². The zero-order valence-electron chi connectivity index (χ0n) is 10.3. The lowest BCUT2D eigenvalue weighted by Crippen LogP contribution is -2.33. The molecule has 2 heterocycles. The van der Waals surface area contributed by atoms with Crippen LogP contribution >= 0.6 is 0 Å². The van der Waals surface area contributed by atoms with E-state index in [9.17, 15) is 5.11 Å². The van der Waals surface area contributed by atoms with Gasteiger partial charge in [-0.25, -0.2) is 4.98 Å². The molecule has 0 radical (unpaired) electrons. The van der Waals surface area contributed by atoms with Crippen LogP contribution in [0.5, 0.6) is 0 Å². The molecule has 1 fully saturated rings. The molecule has 17 heavy (non-hydrogen) atoms. The summed E-state index contributed by atoms with van der Waals surface area (Å²) in [5, 5.41) is 12.8. The first kappa shape index (κ1) is 12.5. The zero-order valence-corrected chi connectivity index (χ0v) is 10.3. The third-order valence-corrected chi connectivity index (χ3v) is 3.24. The van der Waals surface area contributed by atoms with Gasteiger partial charge in [-0.2, -0.15) is 0 Å². The van der Waals surface area contributed by atoms with E-state index in [-0.39, 0.29) is 12.6 Å². The second-order valence-electron chi connectivity index (χ2n) is 4.38. The Kier molecular flexibility index (Phi) is 4.53. The molecule has 5 heteroatoms. The van der Waals surface area contributed by atoms with Gasteiger partial charge in [-0.3, -0.25) is 0 Å². The molecule has 0 aromatic carbocycles. The third kappa shape index (κ3) is 3.06. The van der Waals surface area contributed by atoms with Crippen LogP contribution in [0.1, 0.15) is 31.5 Å². The summed E-state index contributed by atoms with van der Waals surface area (Å²) in [4.78, 5) is 4.12. The van der Waals surface area contributed by atoms with Gasteiger partial charge in [-0.1, -0.05) is 0 Å². The van der Waals surface area contributed by atoms with Gasteiger partial charge in [0.15, 0.2) is 0 Å². The topological polar surface area (TPSA) is 59.3 Å². The molecule has 1 saturated heterocycles. The van der Waals surface area contributed by atoms with Crippen LogP contribution in [-0.2, 0) is 11.3 Å². The SMILES string of the molecule is CCn1cncc1C(CO)NCC1CCCO1. The lowest BCUT2D eigenvalue weighted by Gasteiger charge is -2.19. The van der Waals surface area contributed by atoms with Crippen LogP contribution in [0.2, 0.25) is 0 Å². The Balaban J connectivity index is 1.91. The first-order chi connectivity index (χ1) is 8.35. The van der Waals surface area contributed by atoms with Crippen LogP contribution in [0.15, 0.2) is 12.5 Å². The van der Waals surface area contributed by atoms with E-state index in [0.29, 0.717) is 6.10 Å². The Hall–Kier alpha value is -0.910. The van der Waals surface area contributed by atoms with E-state index in [1.165, 1.54) is 0 Å². The fourth-order valence-corrected chi connectivity index (χ4v) is 2.23. The Morgan fingerprint density at radius 1 is 1.71 bits per heavy atom. The van der Waals surface area contributed by atoms with Gasteiger partial charge in [-0.15, -0.1) is 0 Å². The van der Waals surface area contributed by atoms with Crippen molar-refractivity contribution in [2.75, 3.05) is 19.8 Å². The fourth-order valence-electron chi connectivity index (χ4n) is 2.23. The summed E-state index contributed by atoms with van der Waals surface area (Å²) < 4.78 is 7.60. The Bertz CT molecular complexity index is 334. The molecule has 5 nitrogen and oxygen atoms in total. The van der Waals surface area contributed by atoms with E-state index in [0.717, 1.165) is 38.2 Å². The molecule has 2 unspecified atom stereocenters. The smallest absolute Gasteiger partial charge is 0.0948 e. The third-order valence-electron chi connectivity index (χ3n) is 3.24. The molecule has 0 saturated carbocycles. The summed E-state index contributed by atoms with van der Waals surface area (Å²) in [6, 6.07) is -0.0540. The summed E-state index contributed by atoms with van der Waals surface area (Å²) in [5.74, 6) is 0. The molecule has 96 valence electrons. The number of nitrogens with one attached hydrogen (secondary N) is 1. The maximum atomic E-state index is 9.45. The minimum absolute atomic E-state index is 0.0540. The van der Waals surface area contributed by atoms with Crippen LogP contribution in [0.25, 0.3) is 0 Å². The van der Waals surface area contributed by atoms with Crippen LogP contribution in [-0.4, -0.2) is 40.5 Å².